The third-order valence-electron chi connectivity index (χ3n) is 3.36. The van der Waals surface area contributed by atoms with Gasteiger partial charge in [-0.15, -0.1) is 9.24 Å². The van der Waals surface area contributed by atoms with Crippen LogP contribution in [0.5, 0.6) is 0 Å². The Morgan fingerprint density at radius 1 is 1.42 bits per heavy atom. The third kappa shape index (κ3) is 6.31. The first kappa shape index (κ1) is 20.8. The molecule has 1 aromatic carbocycles. The molecule has 24 heavy (non-hydrogen) atoms. The van der Waals surface area contributed by atoms with Gasteiger partial charge >= 0.3 is 6.18 Å². The summed E-state index contributed by atoms with van der Waals surface area (Å²) in [5.74, 6) is 0. The average Bonchev–Trinajstić information content (AvgIpc) is 2.48. The molecule has 0 spiro atoms. The van der Waals surface area contributed by atoms with E-state index < -0.39 is 18.7 Å². The molecular weight excluding hydrogens is 358 g/mol. The molecule has 2 atom stereocenters. The van der Waals surface area contributed by atoms with E-state index in [0.29, 0.717) is 16.3 Å². The Kier molecular flexibility index (Phi) is 7.53. The molecule has 1 rings (SSSR count). The number of allylic oxidation sites excluding steroid dienone is 3. The molecule has 0 radical (unpaired) electrons. The lowest BCUT2D eigenvalue weighted by Gasteiger charge is -2.16. The van der Waals surface area contributed by atoms with Crippen molar-refractivity contribution in [1.29, 1.82) is 0 Å². The molecule has 0 amide bonds. The van der Waals surface area contributed by atoms with Crippen LogP contribution < -0.4 is 10.6 Å². The van der Waals surface area contributed by atoms with Crippen molar-refractivity contribution in [2.45, 2.75) is 25.6 Å². The maximum absolute atomic E-state index is 12.2. The van der Waals surface area contributed by atoms with Crippen LogP contribution in [0.4, 0.5) is 13.2 Å². The summed E-state index contributed by atoms with van der Waals surface area (Å²) < 4.78 is 36.7. The molecule has 0 aliphatic carbocycles. The highest BCUT2D eigenvalue weighted by Crippen LogP contribution is 2.23. The van der Waals surface area contributed by atoms with E-state index >= 15 is 0 Å². The van der Waals surface area contributed by atoms with Crippen molar-refractivity contribution in [3.05, 3.63) is 59.3 Å². The average molecular weight is 378 g/mol. The first-order chi connectivity index (χ1) is 11.0. The second-order valence-electron chi connectivity index (χ2n) is 5.34. The van der Waals surface area contributed by atoms with Crippen LogP contribution in [0, 0.1) is 0 Å². The minimum atomic E-state index is -4.61. The van der Waals surface area contributed by atoms with E-state index in [9.17, 15) is 13.2 Å². The standard InChI is InChI=1S/C17H20ClF3NOP/c1-10(12(3)22-7-6-16(23)17(19,20)21)8-11(2)14-9-13(18)4-5-15(14)24/h4-5,8-9,16,22-23H,2-3,6-7,24H2,1H3/b10-8-. The van der Waals surface area contributed by atoms with Crippen LogP contribution in [0.3, 0.4) is 0 Å². The van der Waals surface area contributed by atoms with E-state index in [1.165, 1.54) is 0 Å². The van der Waals surface area contributed by atoms with Gasteiger partial charge in [0.15, 0.2) is 6.10 Å². The second-order valence-corrected chi connectivity index (χ2v) is 6.39. The van der Waals surface area contributed by atoms with Crippen molar-refractivity contribution in [3.63, 3.8) is 0 Å². The predicted molar refractivity (Wildman–Crippen MR) is 97.4 cm³/mol. The highest BCUT2D eigenvalue weighted by Gasteiger charge is 2.37. The van der Waals surface area contributed by atoms with Crippen LogP contribution in [0.1, 0.15) is 18.9 Å². The normalized spacial score (nSPS) is 13.5. The molecular formula is C17H20ClF3NOP. The molecule has 0 aliphatic rings. The van der Waals surface area contributed by atoms with Gasteiger partial charge in [-0.2, -0.15) is 13.2 Å². The summed E-state index contributed by atoms with van der Waals surface area (Å²) >= 11 is 5.98. The second kappa shape index (κ2) is 8.70. The number of nitrogens with one attached hydrogen (secondary N) is 1. The van der Waals surface area contributed by atoms with Gasteiger partial charge in [-0.1, -0.05) is 30.8 Å². The van der Waals surface area contributed by atoms with E-state index in [1.54, 1.807) is 25.1 Å². The molecule has 0 aliphatic heterocycles. The number of hydrogen-bond acceptors (Lipinski definition) is 2. The van der Waals surface area contributed by atoms with Gasteiger partial charge in [0.1, 0.15) is 0 Å². The summed E-state index contributed by atoms with van der Waals surface area (Å²) in [6, 6.07) is 5.40. The highest BCUT2D eigenvalue weighted by atomic mass is 35.5. The smallest absolute Gasteiger partial charge is 0.385 e. The monoisotopic (exact) mass is 377 g/mol. The van der Waals surface area contributed by atoms with Gasteiger partial charge in [-0.25, -0.2) is 0 Å². The van der Waals surface area contributed by atoms with Crippen LogP contribution in [-0.2, 0) is 0 Å². The Bertz CT molecular complexity index is 656. The number of alkyl halides is 3. The van der Waals surface area contributed by atoms with E-state index in [2.05, 4.69) is 27.7 Å². The number of benzene rings is 1. The molecule has 2 N–H and O–H groups in total. The minimum Gasteiger partial charge on any atom is -0.385 e. The zero-order valence-electron chi connectivity index (χ0n) is 13.3. The fraction of sp³-hybridized carbons (Fsp3) is 0.294. The molecule has 0 heterocycles. The zero-order valence-corrected chi connectivity index (χ0v) is 15.2. The summed E-state index contributed by atoms with van der Waals surface area (Å²) in [6.07, 6.45) is -5.62. The molecule has 132 valence electrons. The van der Waals surface area contributed by atoms with Gasteiger partial charge in [0.05, 0.1) is 0 Å². The summed E-state index contributed by atoms with van der Waals surface area (Å²) in [5, 5.41) is 13.2. The molecule has 0 fully saturated rings. The lowest BCUT2D eigenvalue weighted by Crippen LogP contribution is -2.32. The predicted octanol–water partition coefficient (Wildman–Crippen LogP) is 4.22. The molecule has 0 bridgehead atoms. The number of hydrogen-bond donors (Lipinski definition) is 2. The maximum Gasteiger partial charge on any atom is 0.414 e. The number of aliphatic hydroxyl groups is 1. The SMILES string of the molecule is C=C(NCCC(O)C(F)(F)F)/C(C)=C\C(=C)c1cc(Cl)ccc1P. The Balaban J connectivity index is 2.66. The molecule has 2 unspecified atom stereocenters. The molecule has 0 saturated carbocycles. The fourth-order valence-electron chi connectivity index (χ4n) is 1.90. The van der Waals surface area contributed by atoms with Gasteiger partial charge < -0.3 is 10.4 Å². The molecule has 1 aromatic rings. The van der Waals surface area contributed by atoms with Gasteiger partial charge in [0.2, 0.25) is 0 Å². The summed E-state index contributed by atoms with van der Waals surface area (Å²) in [4.78, 5) is 0. The van der Waals surface area contributed by atoms with Gasteiger partial charge in [0, 0.05) is 17.3 Å². The lowest BCUT2D eigenvalue weighted by atomic mass is 10.0. The molecule has 0 saturated heterocycles. The Morgan fingerprint density at radius 2 is 2.04 bits per heavy atom. The van der Waals surface area contributed by atoms with Crippen molar-refractivity contribution in [1.82, 2.24) is 5.32 Å². The first-order valence-electron chi connectivity index (χ1n) is 7.13. The van der Waals surface area contributed by atoms with Crippen LogP contribution >= 0.6 is 20.8 Å². The highest BCUT2D eigenvalue weighted by molar-refractivity contribution is 7.27. The maximum atomic E-state index is 12.2. The first-order valence-corrected chi connectivity index (χ1v) is 8.08. The van der Waals surface area contributed by atoms with Crippen molar-refractivity contribution in [2.75, 3.05) is 6.54 Å². The van der Waals surface area contributed by atoms with Crippen LogP contribution in [0.15, 0.2) is 48.7 Å². The molecule has 7 heteroatoms. The number of halogens is 4. The van der Waals surface area contributed by atoms with E-state index in [0.717, 1.165) is 16.4 Å². The quantitative estimate of drug-likeness (QED) is 0.551. The fourth-order valence-corrected chi connectivity index (χ4v) is 2.43. The van der Waals surface area contributed by atoms with Crippen molar-refractivity contribution < 1.29 is 18.3 Å². The van der Waals surface area contributed by atoms with E-state index in [-0.39, 0.29) is 6.54 Å². The van der Waals surface area contributed by atoms with Crippen LogP contribution in [0.2, 0.25) is 5.02 Å². The Labute approximate surface area is 147 Å². The van der Waals surface area contributed by atoms with Crippen LogP contribution in [-0.4, -0.2) is 23.9 Å². The summed E-state index contributed by atoms with van der Waals surface area (Å²) in [6.45, 7) is 9.50. The van der Waals surface area contributed by atoms with E-state index in [4.69, 9.17) is 16.7 Å². The minimum absolute atomic E-state index is 0.0385. The lowest BCUT2D eigenvalue weighted by molar-refractivity contribution is -0.204. The van der Waals surface area contributed by atoms with Gasteiger partial charge in [-0.3, -0.25) is 0 Å². The summed E-state index contributed by atoms with van der Waals surface area (Å²) in [5.41, 5.74) is 2.76. The molecule has 0 aromatic heterocycles. The number of aliphatic hydroxyl groups excluding tert-OH is 1. The zero-order chi connectivity index (χ0) is 18.5. The van der Waals surface area contributed by atoms with Crippen molar-refractivity contribution >= 4 is 31.7 Å². The summed E-state index contributed by atoms with van der Waals surface area (Å²) in [7, 11) is 2.59. The molecule has 2 nitrogen and oxygen atoms in total. The van der Waals surface area contributed by atoms with Crippen molar-refractivity contribution in [3.8, 4) is 0 Å². The van der Waals surface area contributed by atoms with Crippen molar-refractivity contribution in [2.24, 2.45) is 0 Å². The largest absolute Gasteiger partial charge is 0.414 e. The van der Waals surface area contributed by atoms with Gasteiger partial charge in [0.25, 0.3) is 0 Å². The van der Waals surface area contributed by atoms with Gasteiger partial charge in [-0.05, 0) is 53.6 Å². The number of rotatable bonds is 7. The van der Waals surface area contributed by atoms with Crippen LogP contribution in [0.25, 0.3) is 5.57 Å². The van der Waals surface area contributed by atoms with E-state index in [1.807, 2.05) is 6.07 Å². The topological polar surface area (TPSA) is 32.3 Å². The third-order valence-corrected chi connectivity index (χ3v) is 4.10. The Hall–Kier alpha value is -1.29. The Morgan fingerprint density at radius 3 is 2.62 bits per heavy atom.